The SMILES string of the molecule is CC1C2CC(CC(C)(C(=O)OC(C)(C)C)C(=O)OC(C)(C)C)C(C2)C1C. The summed E-state index contributed by atoms with van der Waals surface area (Å²) in [5, 5.41) is 0. The van der Waals surface area contributed by atoms with Crippen molar-refractivity contribution in [1.29, 1.82) is 0 Å². The van der Waals surface area contributed by atoms with E-state index in [1.807, 2.05) is 41.5 Å². The molecule has 0 aliphatic heterocycles. The van der Waals surface area contributed by atoms with E-state index in [4.69, 9.17) is 9.47 Å². The van der Waals surface area contributed by atoms with Gasteiger partial charge in [0, 0.05) is 0 Å². The van der Waals surface area contributed by atoms with Crippen molar-refractivity contribution in [3.63, 3.8) is 0 Å². The number of carbonyl (C=O) groups excluding carboxylic acids is 2. The molecule has 0 saturated heterocycles. The van der Waals surface area contributed by atoms with Gasteiger partial charge in [-0.25, -0.2) is 0 Å². The molecule has 5 unspecified atom stereocenters. The van der Waals surface area contributed by atoms with Crippen molar-refractivity contribution >= 4 is 11.9 Å². The molecule has 150 valence electrons. The molecule has 0 aromatic heterocycles. The van der Waals surface area contributed by atoms with E-state index < -0.39 is 28.6 Å². The Morgan fingerprint density at radius 3 is 1.62 bits per heavy atom. The van der Waals surface area contributed by atoms with Crippen LogP contribution in [0.2, 0.25) is 0 Å². The lowest BCUT2D eigenvalue weighted by Crippen LogP contribution is -2.46. The van der Waals surface area contributed by atoms with E-state index in [-0.39, 0.29) is 0 Å². The average Bonchev–Trinajstić information content (AvgIpc) is 2.95. The Balaban J connectivity index is 2.23. The van der Waals surface area contributed by atoms with Crippen molar-refractivity contribution < 1.29 is 19.1 Å². The van der Waals surface area contributed by atoms with Crippen LogP contribution >= 0.6 is 0 Å². The molecule has 2 aliphatic rings. The van der Waals surface area contributed by atoms with Crippen LogP contribution in [0.1, 0.15) is 81.6 Å². The monoisotopic (exact) mass is 366 g/mol. The number of esters is 2. The summed E-state index contributed by atoms with van der Waals surface area (Å²) in [6.45, 7) is 17.4. The third kappa shape index (κ3) is 4.43. The third-order valence-corrected chi connectivity index (χ3v) is 6.40. The molecule has 0 aromatic carbocycles. The Morgan fingerprint density at radius 2 is 1.27 bits per heavy atom. The van der Waals surface area contributed by atoms with Crippen molar-refractivity contribution in [2.24, 2.45) is 35.0 Å². The molecular formula is C22H38O4. The van der Waals surface area contributed by atoms with Crippen LogP contribution in [0.25, 0.3) is 0 Å². The molecule has 4 heteroatoms. The summed E-state index contributed by atoms with van der Waals surface area (Å²) in [7, 11) is 0. The summed E-state index contributed by atoms with van der Waals surface area (Å²) >= 11 is 0. The zero-order valence-electron chi connectivity index (χ0n) is 18.1. The smallest absolute Gasteiger partial charge is 0.323 e. The molecule has 2 fully saturated rings. The fourth-order valence-electron chi connectivity index (χ4n) is 4.88. The number of rotatable bonds is 4. The molecule has 2 aliphatic carbocycles. The van der Waals surface area contributed by atoms with Crippen molar-refractivity contribution in [3.8, 4) is 0 Å². The zero-order valence-corrected chi connectivity index (χ0v) is 18.1. The number of hydrogen-bond donors (Lipinski definition) is 0. The molecular weight excluding hydrogens is 328 g/mol. The van der Waals surface area contributed by atoms with Gasteiger partial charge in [-0.1, -0.05) is 13.8 Å². The van der Waals surface area contributed by atoms with E-state index in [1.165, 1.54) is 6.42 Å². The summed E-state index contributed by atoms with van der Waals surface area (Å²) < 4.78 is 11.3. The van der Waals surface area contributed by atoms with Gasteiger partial charge in [0.2, 0.25) is 0 Å². The first-order valence-corrected chi connectivity index (χ1v) is 10.1. The van der Waals surface area contributed by atoms with Gasteiger partial charge >= 0.3 is 11.9 Å². The molecule has 26 heavy (non-hydrogen) atoms. The second-order valence-electron chi connectivity index (χ2n) is 10.9. The average molecular weight is 367 g/mol. The summed E-state index contributed by atoms with van der Waals surface area (Å²) in [6.07, 6.45) is 2.86. The van der Waals surface area contributed by atoms with Crippen molar-refractivity contribution in [3.05, 3.63) is 0 Å². The first-order valence-electron chi connectivity index (χ1n) is 10.1. The quantitative estimate of drug-likeness (QED) is 0.519. The first-order chi connectivity index (χ1) is 11.6. The fourth-order valence-corrected chi connectivity index (χ4v) is 4.88. The highest BCUT2D eigenvalue weighted by Gasteiger charge is 2.54. The largest absolute Gasteiger partial charge is 0.459 e. The molecule has 0 aromatic rings. The normalized spacial score (nSPS) is 31.8. The molecule has 0 N–H and O–H groups in total. The Morgan fingerprint density at radius 1 is 0.808 bits per heavy atom. The number of hydrogen-bond acceptors (Lipinski definition) is 4. The van der Waals surface area contributed by atoms with Crippen LogP contribution in [-0.2, 0) is 19.1 Å². The summed E-state index contributed by atoms with van der Waals surface area (Å²) in [4.78, 5) is 26.0. The zero-order chi connectivity index (χ0) is 20.1. The molecule has 0 radical (unpaired) electrons. The number of carbonyl (C=O) groups is 2. The van der Waals surface area contributed by atoms with Gasteiger partial charge in [0.25, 0.3) is 0 Å². The lowest BCUT2D eigenvalue weighted by atomic mass is 9.69. The van der Waals surface area contributed by atoms with Crippen LogP contribution in [0.3, 0.4) is 0 Å². The molecule has 2 bridgehead atoms. The van der Waals surface area contributed by atoms with Crippen molar-refractivity contribution in [2.75, 3.05) is 0 Å². The maximum atomic E-state index is 13.0. The van der Waals surface area contributed by atoms with Crippen LogP contribution < -0.4 is 0 Å². The predicted molar refractivity (Wildman–Crippen MR) is 102 cm³/mol. The van der Waals surface area contributed by atoms with Gasteiger partial charge < -0.3 is 9.47 Å². The van der Waals surface area contributed by atoms with E-state index in [2.05, 4.69) is 13.8 Å². The fraction of sp³-hybridized carbons (Fsp3) is 0.909. The van der Waals surface area contributed by atoms with E-state index in [0.29, 0.717) is 24.2 Å². The summed E-state index contributed by atoms with van der Waals surface area (Å²) in [5.41, 5.74) is -2.51. The van der Waals surface area contributed by atoms with Crippen LogP contribution in [-0.4, -0.2) is 23.1 Å². The number of ether oxygens (including phenoxy) is 2. The first kappa shape index (κ1) is 21.2. The van der Waals surface area contributed by atoms with E-state index in [9.17, 15) is 9.59 Å². The van der Waals surface area contributed by atoms with E-state index in [0.717, 1.165) is 18.3 Å². The maximum absolute atomic E-state index is 13.0. The minimum absolute atomic E-state index is 0.385. The van der Waals surface area contributed by atoms with Crippen LogP contribution in [0.15, 0.2) is 0 Å². The van der Waals surface area contributed by atoms with Gasteiger partial charge in [0.15, 0.2) is 5.41 Å². The van der Waals surface area contributed by atoms with Gasteiger partial charge in [-0.2, -0.15) is 0 Å². The highest BCUT2D eigenvalue weighted by atomic mass is 16.6. The Kier molecular flexibility index (Phi) is 5.58. The standard InChI is InChI=1S/C22H38O4/c1-13-14(2)17-11-15(13)10-16(17)12-22(9,18(23)25-20(3,4)5)19(24)26-21(6,7)8/h13-17H,10-12H2,1-9H3. The van der Waals surface area contributed by atoms with Gasteiger partial charge in [-0.05, 0) is 97.3 Å². The van der Waals surface area contributed by atoms with E-state index >= 15 is 0 Å². The third-order valence-electron chi connectivity index (χ3n) is 6.40. The molecule has 0 spiro atoms. The molecule has 2 saturated carbocycles. The second-order valence-corrected chi connectivity index (χ2v) is 10.9. The van der Waals surface area contributed by atoms with Gasteiger partial charge in [-0.15, -0.1) is 0 Å². The van der Waals surface area contributed by atoms with Gasteiger partial charge in [0.1, 0.15) is 11.2 Å². The minimum atomic E-state index is -1.25. The van der Waals surface area contributed by atoms with Crippen molar-refractivity contribution in [2.45, 2.75) is 92.8 Å². The molecule has 0 heterocycles. The molecule has 0 amide bonds. The lowest BCUT2D eigenvalue weighted by Gasteiger charge is -2.38. The molecule has 4 nitrogen and oxygen atoms in total. The van der Waals surface area contributed by atoms with E-state index in [1.54, 1.807) is 6.92 Å². The Bertz CT molecular complexity index is 521. The van der Waals surface area contributed by atoms with Crippen LogP contribution in [0, 0.1) is 35.0 Å². The van der Waals surface area contributed by atoms with Crippen molar-refractivity contribution in [1.82, 2.24) is 0 Å². The Labute approximate surface area is 159 Å². The summed E-state index contributed by atoms with van der Waals surface area (Å²) in [6, 6.07) is 0. The predicted octanol–water partition coefficient (Wildman–Crippen LogP) is 4.99. The highest BCUT2D eigenvalue weighted by molar-refractivity contribution is 5.99. The highest BCUT2D eigenvalue weighted by Crippen LogP contribution is 2.57. The number of fused-ring (bicyclic) bond motifs is 2. The second kappa shape index (κ2) is 6.83. The van der Waals surface area contributed by atoms with Gasteiger partial charge in [0.05, 0.1) is 0 Å². The summed E-state index contributed by atoms with van der Waals surface area (Å²) in [5.74, 6) is 2.19. The van der Waals surface area contributed by atoms with Crippen LogP contribution in [0.4, 0.5) is 0 Å². The maximum Gasteiger partial charge on any atom is 0.323 e. The topological polar surface area (TPSA) is 52.6 Å². The van der Waals surface area contributed by atoms with Gasteiger partial charge in [-0.3, -0.25) is 9.59 Å². The van der Waals surface area contributed by atoms with Crippen LogP contribution in [0.5, 0.6) is 0 Å². The minimum Gasteiger partial charge on any atom is -0.459 e. The molecule has 5 atom stereocenters. The Hall–Kier alpha value is -1.06. The molecule has 2 rings (SSSR count). The lowest BCUT2D eigenvalue weighted by molar-refractivity contribution is -0.185.